The van der Waals surface area contributed by atoms with E-state index in [9.17, 15) is 4.39 Å². The molecule has 0 fully saturated rings. The average molecular weight is 282 g/mol. The lowest BCUT2D eigenvalue weighted by atomic mass is 10.4. The molecule has 0 aliphatic heterocycles. The van der Waals surface area contributed by atoms with Gasteiger partial charge in [0.25, 0.3) is 0 Å². The maximum atomic E-state index is 12.4. The Morgan fingerprint density at radius 3 is 2.45 bits per heavy atom. The second-order valence-corrected chi connectivity index (χ2v) is 4.24. The molecule has 0 saturated carbocycles. The third kappa shape index (κ3) is 3.42. The Labute approximate surface area is 83.7 Å². The van der Waals surface area contributed by atoms with E-state index in [1.807, 2.05) is 12.1 Å². The molecule has 1 rings (SSSR count). The highest BCUT2D eigenvalue weighted by Crippen LogP contribution is 2.17. The lowest BCUT2D eigenvalue weighted by Crippen LogP contribution is -1.79. The molecule has 1 aromatic rings. The van der Waals surface area contributed by atoms with Crippen LogP contribution < -0.4 is 0 Å². The van der Waals surface area contributed by atoms with Gasteiger partial charge < -0.3 is 0 Å². The van der Waals surface area contributed by atoms with Crippen molar-refractivity contribution in [3.63, 3.8) is 0 Å². The molecule has 3 heteroatoms. The Hall–Kier alpha value is 0.230. The molecule has 11 heavy (non-hydrogen) atoms. The van der Waals surface area contributed by atoms with Gasteiger partial charge in [-0.25, -0.2) is 4.39 Å². The second kappa shape index (κ2) is 4.98. The largest absolute Gasteiger partial charge is 0.207 e. The van der Waals surface area contributed by atoms with E-state index in [-0.39, 0.29) is 5.82 Å². The van der Waals surface area contributed by atoms with Crippen molar-refractivity contribution < 1.29 is 4.39 Å². The molecule has 0 aromatic heterocycles. The summed E-state index contributed by atoms with van der Waals surface area (Å²) in [4.78, 5) is 1.14. The molecule has 0 spiro atoms. The fourth-order valence-corrected chi connectivity index (χ4v) is 1.99. The van der Waals surface area contributed by atoms with Gasteiger partial charge in [-0.2, -0.15) is 0 Å². The molecule has 60 valence electrons. The minimum atomic E-state index is -0.163. The molecule has 0 amide bonds. The number of halogens is 2. The standard InChI is InChI=1S/C8H8FIS/c9-7-1-3-8(4-2-7)11-6-5-10/h1-4H,5-6H2. The van der Waals surface area contributed by atoms with Crippen LogP contribution in [0.4, 0.5) is 4.39 Å². The van der Waals surface area contributed by atoms with Gasteiger partial charge in [-0.3, -0.25) is 0 Å². The normalized spacial score (nSPS) is 10.0. The molecule has 0 radical (unpaired) electrons. The van der Waals surface area contributed by atoms with Gasteiger partial charge in [0, 0.05) is 15.1 Å². The molecule has 0 heterocycles. The van der Waals surface area contributed by atoms with Crippen molar-refractivity contribution in [2.75, 3.05) is 10.2 Å². The number of benzene rings is 1. The zero-order valence-corrected chi connectivity index (χ0v) is 8.86. The summed E-state index contributed by atoms with van der Waals surface area (Å²) in [6.07, 6.45) is 0. The molecule has 0 N–H and O–H groups in total. The van der Waals surface area contributed by atoms with Gasteiger partial charge >= 0.3 is 0 Å². The summed E-state index contributed by atoms with van der Waals surface area (Å²) in [7, 11) is 0. The van der Waals surface area contributed by atoms with Crippen LogP contribution in [0.2, 0.25) is 0 Å². The van der Waals surface area contributed by atoms with Crippen LogP contribution in [-0.4, -0.2) is 10.2 Å². The van der Waals surface area contributed by atoms with Gasteiger partial charge in [-0.15, -0.1) is 11.8 Å². The van der Waals surface area contributed by atoms with Crippen molar-refractivity contribution in [1.82, 2.24) is 0 Å². The second-order valence-electron chi connectivity index (χ2n) is 1.99. The molecule has 0 aliphatic rings. The molecule has 0 atom stereocenters. The minimum Gasteiger partial charge on any atom is -0.207 e. The molecule has 0 nitrogen and oxygen atoms in total. The third-order valence-electron chi connectivity index (χ3n) is 1.16. The molecular formula is C8H8FIS. The Bertz CT molecular complexity index is 210. The van der Waals surface area contributed by atoms with Gasteiger partial charge in [0.15, 0.2) is 0 Å². The van der Waals surface area contributed by atoms with Crippen molar-refractivity contribution in [2.24, 2.45) is 0 Å². The van der Waals surface area contributed by atoms with Crippen molar-refractivity contribution >= 4 is 34.4 Å². The zero-order valence-electron chi connectivity index (χ0n) is 5.89. The van der Waals surface area contributed by atoms with Crippen LogP contribution in [0.25, 0.3) is 0 Å². The smallest absolute Gasteiger partial charge is 0.123 e. The van der Waals surface area contributed by atoms with Gasteiger partial charge in [-0.05, 0) is 24.3 Å². The molecule has 0 aliphatic carbocycles. The minimum absolute atomic E-state index is 0.163. The monoisotopic (exact) mass is 282 g/mol. The van der Waals surface area contributed by atoms with Gasteiger partial charge in [-0.1, -0.05) is 22.6 Å². The van der Waals surface area contributed by atoms with Crippen molar-refractivity contribution in [1.29, 1.82) is 0 Å². The first-order valence-corrected chi connectivity index (χ1v) is 5.78. The summed E-state index contributed by atoms with van der Waals surface area (Å²) in [5.74, 6) is 0.926. The molecule has 0 unspecified atom stereocenters. The number of hydrogen-bond donors (Lipinski definition) is 0. The zero-order chi connectivity index (χ0) is 8.10. The van der Waals surface area contributed by atoms with E-state index in [4.69, 9.17) is 0 Å². The first-order valence-electron chi connectivity index (χ1n) is 3.27. The lowest BCUT2D eigenvalue weighted by Gasteiger charge is -1.97. The van der Waals surface area contributed by atoms with E-state index in [1.54, 1.807) is 11.8 Å². The first kappa shape index (κ1) is 9.32. The fourth-order valence-electron chi connectivity index (χ4n) is 0.687. The van der Waals surface area contributed by atoms with Crippen LogP contribution in [0, 0.1) is 5.82 Å². The Morgan fingerprint density at radius 1 is 1.27 bits per heavy atom. The average Bonchev–Trinajstić information content (AvgIpc) is 2.04. The predicted octanol–water partition coefficient (Wildman–Crippen LogP) is 3.35. The Balaban J connectivity index is 2.52. The highest BCUT2D eigenvalue weighted by Gasteiger charge is 1.92. The van der Waals surface area contributed by atoms with Crippen molar-refractivity contribution in [3.8, 4) is 0 Å². The maximum absolute atomic E-state index is 12.4. The molecule has 1 aromatic carbocycles. The topological polar surface area (TPSA) is 0 Å². The molecular weight excluding hydrogens is 274 g/mol. The maximum Gasteiger partial charge on any atom is 0.123 e. The predicted molar refractivity (Wildman–Crippen MR) is 56.0 cm³/mol. The summed E-state index contributed by atoms with van der Waals surface area (Å²) < 4.78 is 13.5. The van der Waals surface area contributed by atoms with Crippen LogP contribution in [-0.2, 0) is 0 Å². The van der Waals surface area contributed by atoms with E-state index in [0.717, 1.165) is 15.1 Å². The SMILES string of the molecule is Fc1ccc(SCCI)cc1. The Kier molecular flexibility index (Phi) is 4.22. The fraction of sp³-hybridized carbons (Fsp3) is 0.250. The quantitative estimate of drug-likeness (QED) is 0.465. The highest BCUT2D eigenvalue weighted by atomic mass is 127. The number of rotatable bonds is 3. The highest BCUT2D eigenvalue weighted by molar-refractivity contribution is 14.1. The molecule has 0 saturated heterocycles. The van der Waals surface area contributed by atoms with E-state index in [0.29, 0.717) is 0 Å². The van der Waals surface area contributed by atoms with E-state index < -0.39 is 0 Å². The summed E-state index contributed by atoms with van der Waals surface area (Å²) in [5, 5.41) is 0. The third-order valence-corrected chi connectivity index (χ3v) is 3.44. The van der Waals surface area contributed by atoms with Gasteiger partial charge in [0.2, 0.25) is 0 Å². The number of thioether (sulfide) groups is 1. The van der Waals surface area contributed by atoms with Crippen LogP contribution in [0.1, 0.15) is 0 Å². The summed E-state index contributed by atoms with van der Waals surface area (Å²) >= 11 is 4.08. The van der Waals surface area contributed by atoms with E-state index in [1.165, 1.54) is 12.1 Å². The van der Waals surface area contributed by atoms with Crippen LogP contribution in [0.5, 0.6) is 0 Å². The van der Waals surface area contributed by atoms with Crippen molar-refractivity contribution in [2.45, 2.75) is 4.90 Å². The van der Waals surface area contributed by atoms with Crippen LogP contribution in [0.15, 0.2) is 29.2 Å². The van der Waals surface area contributed by atoms with E-state index in [2.05, 4.69) is 22.6 Å². The number of hydrogen-bond acceptors (Lipinski definition) is 1. The lowest BCUT2D eigenvalue weighted by molar-refractivity contribution is 0.626. The van der Waals surface area contributed by atoms with Gasteiger partial charge in [0.1, 0.15) is 5.82 Å². The van der Waals surface area contributed by atoms with Crippen molar-refractivity contribution in [3.05, 3.63) is 30.1 Å². The van der Waals surface area contributed by atoms with E-state index >= 15 is 0 Å². The number of alkyl halides is 1. The van der Waals surface area contributed by atoms with Crippen LogP contribution >= 0.6 is 34.4 Å². The Morgan fingerprint density at radius 2 is 1.91 bits per heavy atom. The summed E-state index contributed by atoms with van der Waals surface area (Å²) in [5.41, 5.74) is 0. The first-order chi connectivity index (χ1) is 5.33. The summed E-state index contributed by atoms with van der Waals surface area (Å²) in [6.45, 7) is 0. The van der Waals surface area contributed by atoms with Crippen LogP contribution in [0.3, 0.4) is 0 Å². The molecule has 0 bridgehead atoms. The summed E-state index contributed by atoms with van der Waals surface area (Å²) in [6, 6.07) is 6.61. The van der Waals surface area contributed by atoms with Gasteiger partial charge in [0.05, 0.1) is 0 Å².